The fourth-order valence-corrected chi connectivity index (χ4v) is 4.07. The van der Waals surface area contributed by atoms with Gasteiger partial charge in [-0.2, -0.15) is 0 Å². The van der Waals surface area contributed by atoms with Crippen molar-refractivity contribution in [1.82, 2.24) is 4.98 Å². The lowest BCUT2D eigenvalue weighted by Gasteiger charge is -2.41. The summed E-state index contributed by atoms with van der Waals surface area (Å²) in [4.78, 5) is 7.80. The van der Waals surface area contributed by atoms with Crippen LogP contribution >= 0.6 is 34.5 Å². The van der Waals surface area contributed by atoms with Gasteiger partial charge in [0, 0.05) is 12.6 Å². The van der Waals surface area contributed by atoms with Crippen LogP contribution in [0.3, 0.4) is 0 Å². The highest BCUT2D eigenvalue weighted by atomic mass is 35.5. The first kappa shape index (κ1) is 13.4. The molecule has 0 amide bonds. The lowest BCUT2D eigenvalue weighted by atomic mass is 9.86. The third-order valence-corrected chi connectivity index (χ3v) is 5.55. The van der Waals surface area contributed by atoms with E-state index >= 15 is 0 Å². The first-order valence-electron chi connectivity index (χ1n) is 6.00. The molecule has 0 radical (unpaired) electrons. The van der Waals surface area contributed by atoms with Crippen LogP contribution in [-0.4, -0.2) is 17.6 Å². The molecule has 0 N–H and O–H groups in total. The van der Waals surface area contributed by atoms with Crippen molar-refractivity contribution < 1.29 is 0 Å². The van der Waals surface area contributed by atoms with Crippen molar-refractivity contribution in [3.8, 4) is 0 Å². The minimum atomic E-state index is 0.448. The molecular formula is C12H18Cl2N2S. The van der Waals surface area contributed by atoms with Crippen LogP contribution in [0.25, 0.3) is 0 Å². The highest BCUT2D eigenvalue weighted by molar-refractivity contribution is 7.16. The molecule has 1 aliphatic heterocycles. The van der Waals surface area contributed by atoms with Gasteiger partial charge >= 0.3 is 0 Å². The Morgan fingerprint density at radius 1 is 1.41 bits per heavy atom. The molecule has 1 fully saturated rings. The van der Waals surface area contributed by atoms with Crippen molar-refractivity contribution in [1.29, 1.82) is 0 Å². The third kappa shape index (κ3) is 2.72. The van der Waals surface area contributed by atoms with E-state index in [1.165, 1.54) is 6.42 Å². The molecule has 0 saturated carbocycles. The van der Waals surface area contributed by atoms with E-state index in [4.69, 9.17) is 23.2 Å². The van der Waals surface area contributed by atoms with Gasteiger partial charge in [0.2, 0.25) is 0 Å². The third-order valence-electron chi connectivity index (χ3n) is 3.60. The second kappa shape index (κ2) is 5.33. The number of anilines is 1. The molecule has 3 unspecified atom stereocenters. The number of halogens is 2. The van der Waals surface area contributed by atoms with Gasteiger partial charge in [0.05, 0.1) is 10.8 Å². The van der Waals surface area contributed by atoms with E-state index in [0.717, 1.165) is 16.6 Å². The van der Waals surface area contributed by atoms with E-state index in [1.807, 2.05) is 0 Å². The molecule has 2 nitrogen and oxygen atoms in total. The SMILES string of the molecule is CC1CC(C)C(C)N(c2nc(Cl)c(CCl)s2)C1. The van der Waals surface area contributed by atoms with E-state index in [1.54, 1.807) is 11.3 Å². The van der Waals surface area contributed by atoms with Crippen molar-refractivity contribution in [3.05, 3.63) is 10.0 Å². The van der Waals surface area contributed by atoms with Gasteiger partial charge in [0.15, 0.2) is 5.13 Å². The predicted molar refractivity (Wildman–Crippen MR) is 76.4 cm³/mol. The number of alkyl halides is 1. The molecule has 0 bridgehead atoms. The topological polar surface area (TPSA) is 16.1 Å². The Morgan fingerprint density at radius 2 is 2.12 bits per heavy atom. The van der Waals surface area contributed by atoms with Crippen molar-refractivity contribution in [3.63, 3.8) is 0 Å². The van der Waals surface area contributed by atoms with E-state index in [0.29, 0.717) is 28.9 Å². The quantitative estimate of drug-likeness (QED) is 0.751. The number of hydrogen-bond donors (Lipinski definition) is 0. The highest BCUT2D eigenvalue weighted by Crippen LogP contribution is 2.36. The zero-order chi connectivity index (χ0) is 12.6. The normalized spacial score (nSPS) is 29.7. The summed E-state index contributed by atoms with van der Waals surface area (Å²) >= 11 is 13.5. The van der Waals surface area contributed by atoms with Crippen LogP contribution in [0.4, 0.5) is 5.13 Å². The van der Waals surface area contributed by atoms with E-state index in [9.17, 15) is 0 Å². The number of aromatic nitrogens is 1. The van der Waals surface area contributed by atoms with Gasteiger partial charge in [0.25, 0.3) is 0 Å². The zero-order valence-electron chi connectivity index (χ0n) is 10.4. The summed E-state index contributed by atoms with van der Waals surface area (Å²) in [7, 11) is 0. The Balaban J connectivity index is 2.24. The molecule has 96 valence electrons. The molecule has 2 rings (SSSR count). The molecule has 17 heavy (non-hydrogen) atoms. The lowest BCUT2D eigenvalue weighted by molar-refractivity contribution is 0.297. The maximum absolute atomic E-state index is 6.07. The van der Waals surface area contributed by atoms with E-state index < -0.39 is 0 Å². The molecule has 2 heterocycles. The Hall–Kier alpha value is 0.01000. The summed E-state index contributed by atoms with van der Waals surface area (Å²) in [6, 6.07) is 0.525. The minimum Gasteiger partial charge on any atom is -0.345 e. The molecule has 0 spiro atoms. The summed E-state index contributed by atoms with van der Waals surface area (Å²) in [6.07, 6.45) is 1.29. The summed E-state index contributed by atoms with van der Waals surface area (Å²) in [5, 5.41) is 1.59. The smallest absolute Gasteiger partial charge is 0.187 e. The van der Waals surface area contributed by atoms with Crippen LogP contribution in [0.2, 0.25) is 5.15 Å². The van der Waals surface area contributed by atoms with Gasteiger partial charge < -0.3 is 4.90 Å². The standard InChI is InChI=1S/C12H18Cl2N2S/c1-7-4-8(2)9(3)16(6-7)12-15-11(14)10(5-13)17-12/h7-9H,4-6H2,1-3H3. The lowest BCUT2D eigenvalue weighted by Crippen LogP contribution is -2.45. The van der Waals surface area contributed by atoms with Crippen molar-refractivity contribution in [2.24, 2.45) is 11.8 Å². The van der Waals surface area contributed by atoms with Crippen LogP contribution in [0.5, 0.6) is 0 Å². The summed E-state index contributed by atoms with van der Waals surface area (Å²) < 4.78 is 0. The second-order valence-corrected chi connectivity index (χ2v) is 6.74. The molecule has 1 aromatic heterocycles. The number of rotatable bonds is 2. The summed E-state index contributed by atoms with van der Waals surface area (Å²) in [5.41, 5.74) is 0. The maximum Gasteiger partial charge on any atom is 0.187 e. The van der Waals surface area contributed by atoms with Gasteiger partial charge in [-0.3, -0.25) is 0 Å². The molecule has 1 saturated heterocycles. The maximum atomic E-state index is 6.07. The average Bonchev–Trinajstić information content (AvgIpc) is 2.64. The van der Waals surface area contributed by atoms with Crippen LogP contribution in [0.1, 0.15) is 32.1 Å². The first-order chi connectivity index (χ1) is 8.02. The largest absolute Gasteiger partial charge is 0.345 e. The van der Waals surface area contributed by atoms with Crippen LogP contribution < -0.4 is 4.90 Å². The van der Waals surface area contributed by atoms with Crippen LogP contribution in [0.15, 0.2) is 0 Å². The Kier molecular flexibility index (Phi) is 4.22. The van der Waals surface area contributed by atoms with Crippen molar-refractivity contribution in [2.75, 3.05) is 11.4 Å². The van der Waals surface area contributed by atoms with Crippen LogP contribution in [0, 0.1) is 11.8 Å². The first-order valence-corrected chi connectivity index (χ1v) is 7.73. The van der Waals surface area contributed by atoms with Gasteiger partial charge in [-0.25, -0.2) is 4.98 Å². The van der Waals surface area contributed by atoms with Gasteiger partial charge in [-0.1, -0.05) is 36.8 Å². The minimum absolute atomic E-state index is 0.448. The van der Waals surface area contributed by atoms with Gasteiger partial charge in [-0.15, -0.1) is 11.6 Å². The number of nitrogens with zero attached hydrogens (tertiary/aromatic N) is 2. The monoisotopic (exact) mass is 292 g/mol. The Bertz CT molecular complexity index is 394. The Labute approximate surface area is 117 Å². The van der Waals surface area contributed by atoms with Crippen molar-refractivity contribution in [2.45, 2.75) is 39.1 Å². The molecule has 0 aromatic carbocycles. The van der Waals surface area contributed by atoms with Gasteiger partial charge in [0.1, 0.15) is 5.15 Å². The Morgan fingerprint density at radius 3 is 2.71 bits per heavy atom. The predicted octanol–water partition coefficient (Wildman–Crippen LogP) is 4.41. The molecule has 1 aliphatic rings. The van der Waals surface area contributed by atoms with Crippen molar-refractivity contribution >= 4 is 39.7 Å². The second-order valence-electron chi connectivity index (χ2n) is 5.06. The van der Waals surface area contributed by atoms with Gasteiger partial charge in [-0.05, 0) is 25.2 Å². The molecule has 3 atom stereocenters. The fourth-order valence-electron chi connectivity index (χ4n) is 2.49. The number of piperidine rings is 1. The number of thiazole rings is 1. The summed E-state index contributed by atoms with van der Waals surface area (Å²) in [6.45, 7) is 7.95. The molecular weight excluding hydrogens is 275 g/mol. The van der Waals surface area contributed by atoms with Crippen LogP contribution in [-0.2, 0) is 5.88 Å². The summed E-state index contributed by atoms with van der Waals surface area (Å²) in [5.74, 6) is 1.85. The molecule has 1 aromatic rings. The zero-order valence-corrected chi connectivity index (χ0v) is 12.7. The molecule has 0 aliphatic carbocycles. The highest BCUT2D eigenvalue weighted by Gasteiger charge is 2.30. The fraction of sp³-hybridized carbons (Fsp3) is 0.750. The number of hydrogen-bond acceptors (Lipinski definition) is 3. The average molecular weight is 293 g/mol. The van der Waals surface area contributed by atoms with E-state index in [2.05, 4.69) is 30.7 Å². The molecule has 5 heteroatoms. The van der Waals surface area contributed by atoms with E-state index in [-0.39, 0.29) is 0 Å².